The average Bonchev–Trinajstić information content (AvgIpc) is 2.86. The highest BCUT2D eigenvalue weighted by Gasteiger charge is 2.15. The highest BCUT2D eigenvalue weighted by Crippen LogP contribution is 2.16. The van der Waals surface area contributed by atoms with Gasteiger partial charge in [0.15, 0.2) is 5.13 Å². The first kappa shape index (κ1) is 13.2. The number of hydrogen-bond donors (Lipinski definition) is 2. The molecule has 0 unspecified atom stereocenters. The Kier molecular flexibility index (Phi) is 3.91. The highest BCUT2D eigenvalue weighted by atomic mass is 32.1. The molecule has 0 aliphatic rings. The molecule has 0 saturated carbocycles. The van der Waals surface area contributed by atoms with E-state index in [1.807, 2.05) is 32.0 Å². The van der Waals surface area contributed by atoms with Crippen LogP contribution in [0.3, 0.4) is 0 Å². The molecule has 0 atom stereocenters. The number of thiazole rings is 1. The van der Waals surface area contributed by atoms with Gasteiger partial charge in [-0.1, -0.05) is 12.1 Å². The lowest BCUT2D eigenvalue weighted by Crippen LogP contribution is -2.29. The Labute approximate surface area is 114 Å². The van der Waals surface area contributed by atoms with E-state index in [0.717, 1.165) is 11.1 Å². The molecular formula is C13H13N3O2S. The lowest BCUT2D eigenvalue weighted by molar-refractivity contribution is -0.133. The molecule has 2 aromatic rings. The number of nitrogens with zero attached hydrogens (tertiary/aromatic N) is 1. The third kappa shape index (κ3) is 3.38. The molecule has 0 aliphatic carbocycles. The van der Waals surface area contributed by atoms with E-state index in [9.17, 15) is 9.59 Å². The molecule has 19 heavy (non-hydrogen) atoms. The quantitative estimate of drug-likeness (QED) is 0.826. The largest absolute Gasteiger partial charge is 0.318 e. The maximum absolute atomic E-state index is 11.8. The second-order valence-electron chi connectivity index (χ2n) is 4.06. The molecule has 5 nitrogen and oxygen atoms in total. The van der Waals surface area contributed by atoms with Crippen LogP contribution in [0.5, 0.6) is 0 Å². The van der Waals surface area contributed by atoms with Gasteiger partial charge in [0.1, 0.15) is 0 Å². The molecule has 98 valence electrons. The molecule has 0 spiro atoms. The van der Waals surface area contributed by atoms with Crippen LogP contribution < -0.4 is 10.6 Å². The lowest BCUT2D eigenvalue weighted by atomic mass is 10.1. The Morgan fingerprint density at radius 3 is 2.58 bits per heavy atom. The number of carbonyl (C=O) groups is 2. The molecule has 0 radical (unpaired) electrons. The lowest BCUT2D eigenvalue weighted by Gasteiger charge is -2.08. The van der Waals surface area contributed by atoms with E-state index >= 15 is 0 Å². The van der Waals surface area contributed by atoms with Crippen LogP contribution in [0.2, 0.25) is 0 Å². The van der Waals surface area contributed by atoms with Crippen molar-refractivity contribution < 1.29 is 9.59 Å². The van der Waals surface area contributed by atoms with Crippen LogP contribution in [-0.4, -0.2) is 16.8 Å². The number of carbonyl (C=O) groups excluding carboxylic acids is 2. The number of nitrogens with one attached hydrogen (secondary N) is 2. The first-order valence-corrected chi connectivity index (χ1v) is 6.53. The summed E-state index contributed by atoms with van der Waals surface area (Å²) in [5.74, 6) is -1.43. The minimum atomic E-state index is -0.726. The second-order valence-corrected chi connectivity index (χ2v) is 4.96. The van der Waals surface area contributed by atoms with Crippen LogP contribution in [0.4, 0.5) is 10.8 Å². The summed E-state index contributed by atoms with van der Waals surface area (Å²) < 4.78 is 0. The van der Waals surface area contributed by atoms with E-state index in [4.69, 9.17) is 0 Å². The fourth-order valence-electron chi connectivity index (χ4n) is 1.49. The summed E-state index contributed by atoms with van der Waals surface area (Å²) in [6.45, 7) is 3.79. The number of benzene rings is 1. The van der Waals surface area contributed by atoms with E-state index in [0.29, 0.717) is 10.8 Å². The van der Waals surface area contributed by atoms with Crippen molar-refractivity contribution in [1.29, 1.82) is 0 Å². The van der Waals surface area contributed by atoms with Crippen molar-refractivity contribution in [3.63, 3.8) is 0 Å². The molecule has 1 heterocycles. The topological polar surface area (TPSA) is 71.1 Å². The van der Waals surface area contributed by atoms with E-state index in [1.54, 1.807) is 11.6 Å². The van der Waals surface area contributed by atoms with Crippen LogP contribution in [0.25, 0.3) is 0 Å². The Balaban J connectivity index is 2.04. The summed E-state index contributed by atoms with van der Waals surface area (Å²) in [6, 6.07) is 5.66. The van der Waals surface area contributed by atoms with Gasteiger partial charge in [0.2, 0.25) is 0 Å². The van der Waals surface area contributed by atoms with Crippen LogP contribution in [-0.2, 0) is 9.59 Å². The predicted molar refractivity (Wildman–Crippen MR) is 75.3 cm³/mol. The van der Waals surface area contributed by atoms with Gasteiger partial charge in [0, 0.05) is 17.3 Å². The maximum Gasteiger partial charge on any atom is 0.315 e. The van der Waals surface area contributed by atoms with Gasteiger partial charge in [0.05, 0.1) is 0 Å². The van der Waals surface area contributed by atoms with Gasteiger partial charge in [-0.25, -0.2) is 4.98 Å². The van der Waals surface area contributed by atoms with Crippen molar-refractivity contribution in [1.82, 2.24) is 4.98 Å². The molecule has 2 N–H and O–H groups in total. The SMILES string of the molecule is Cc1ccc(C)c(NC(=O)C(=O)Nc2nccs2)c1. The summed E-state index contributed by atoms with van der Waals surface area (Å²) in [7, 11) is 0. The van der Waals surface area contributed by atoms with Crippen molar-refractivity contribution in [3.8, 4) is 0 Å². The Hall–Kier alpha value is -2.21. The van der Waals surface area contributed by atoms with Gasteiger partial charge in [-0.2, -0.15) is 0 Å². The fourth-order valence-corrected chi connectivity index (χ4v) is 2.01. The molecule has 0 saturated heterocycles. The molecule has 1 aromatic carbocycles. The predicted octanol–water partition coefficient (Wildman–Crippen LogP) is 2.34. The maximum atomic E-state index is 11.8. The summed E-state index contributed by atoms with van der Waals surface area (Å²) in [6.07, 6.45) is 1.56. The van der Waals surface area contributed by atoms with Crippen LogP contribution >= 0.6 is 11.3 Å². The normalized spacial score (nSPS) is 10.0. The van der Waals surface area contributed by atoms with Crippen LogP contribution in [0.15, 0.2) is 29.8 Å². The molecule has 0 fully saturated rings. The van der Waals surface area contributed by atoms with E-state index in [-0.39, 0.29) is 0 Å². The molecule has 1 aromatic heterocycles. The summed E-state index contributed by atoms with van der Waals surface area (Å²) in [5, 5.41) is 7.15. The third-order valence-electron chi connectivity index (χ3n) is 2.50. The zero-order valence-electron chi connectivity index (χ0n) is 10.6. The highest BCUT2D eigenvalue weighted by molar-refractivity contribution is 7.13. The molecule has 2 amide bonds. The minimum absolute atomic E-state index is 0.404. The number of rotatable bonds is 2. The van der Waals surface area contributed by atoms with Crippen molar-refractivity contribution in [3.05, 3.63) is 40.9 Å². The minimum Gasteiger partial charge on any atom is -0.318 e. The van der Waals surface area contributed by atoms with Gasteiger partial charge in [-0.05, 0) is 31.0 Å². The Morgan fingerprint density at radius 2 is 1.89 bits per heavy atom. The van der Waals surface area contributed by atoms with Crippen LogP contribution in [0, 0.1) is 13.8 Å². The van der Waals surface area contributed by atoms with E-state index < -0.39 is 11.8 Å². The first-order valence-electron chi connectivity index (χ1n) is 5.65. The number of aryl methyl sites for hydroxylation is 2. The van der Waals surface area contributed by atoms with E-state index in [1.165, 1.54) is 11.3 Å². The van der Waals surface area contributed by atoms with Gasteiger partial charge < -0.3 is 5.32 Å². The third-order valence-corrected chi connectivity index (χ3v) is 3.19. The number of hydrogen-bond acceptors (Lipinski definition) is 4. The second kappa shape index (κ2) is 5.62. The van der Waals surface area contributed by atoms with Crippen molar-refractivity contribution in [2.75, 3.05) is 10.6 Å². The van der Waals surface area contributed by atoms with Gasteiger partial charge in [-0.3, -0.25) is 14.9 Å². The van der Waals surface area contributed by atoms with Crippen LogP contribution in [0.1, 0.15) is 11.1 Å². The average molecular weight is 275 g/mol. The number of anilines is 2. The Morgan fingerprint density at radius 1 is 1.16 bits per heavy atom. The molecule has 0 bridgehead atoms. The van der Waals surface area contributed by atoms with Gasteiger partial charge in [0.25, 0.3) is 0 Å². The summed E-state index contributed by atoms with van der Waals surface area (Å²) in [5.41, 5.74) is 2.56. The zero-order chi connectivity index (χ0) is 13.8. The molecule has 2 rings (SSSR count). The van der Waals surface area contributed by atoms with Gasteiger partial charge in [-0.15, -0.1) is 11.3 Å². The first-order chi connectivity index (χ1) is 9.06. The van der Waals surface area contributed by atoms with Crippen molar-refractivity contribution in [2.24, 2.45) is 0 Å². The van der Waals surface area contributed by atoms with Crippen molar-refractivity contribution >= 4 is 34.0 Å². The summed E-state index contributed by atoms with van der Waals surface area (Å²) >= 11 is 1.26. The fraction of sp³-hybridized carbons (Fsp3) is 0.154. The monoisotopic (exact) mass is 275 g/mol. The number of amides is 2. The van der Waals surface area contributed by atoms with Crippen molar-refractivity contribution in [2.45, 2.75) is 13.8 Å². The molecule has 6 heteroatoms. The molecule has 0 aliphatic heterocycles. The smallest absolute Gasteiger partial charge is 0.315 e. The number of aromatic nitrogens is 1. The zero-order valence-corrected chi connectivity index (χ0v) is 11.4. The van der Waals surface area contributed by atoms with Gasteiger partial charge >= 0.3 is 11.8 Å². The van der Waals surface area contributed by atoms with E-state index in [2.05, 4.69) is 15.6 Å². The standard InChI is InChI=1S/C13H13N3O2S/c1-8-3-4-9(2)10(7-8)15-11(17)12(18)16-13-14-5-6-19-13/h3-7H,1-2H3,(H,15,17)(H,14,16,18). The molecular weight excluding hydrogens is 262 g/mol. The Bertz CT molecular complexity index is 608. The summed E-state index contributed by atoms with van der Waals surface area (Å²) in [4.78, 5) is 27.3.